The van der Waals surface area contributed by atoms with E-state index in [2.05, 4.69) is 191 Å². The van der Waals surface area contributed by atoms with Crippen LogP contribution in [0.25, 0.3) is 79.0 Å². The molecular formula is C48H30N2S2. The second-order valence-corrected chi connectivity index (χ2v) is 15.4. The van der Waals surface area contributed by atoms with Crippen LogP contribution < -0.4 is 4.90 Å². The predicted octanol–water partition coefficient (Wildman–Crippen LogP) is 14.7. The van der Waals surface area contributed by atoms with Gasteiger partial charge in [0.2, 0.25) is 0 Å². The summed E-state index contributed by atoms with van der Waals surface area (Å²) in [6, 6.07) is 66.6. The van der Waals surface area contributed by atoms with E-state index in [0.717, 1.165) is 11.4 Å². The maximum atomic E-state index is 2.49. The zero-order chi connectivity index (χ0) is 34.2. The van der Waals surface area contributed by atoms with Gasteiger partial charge in [0, 0.05) is 63.4 Å². The monoisotopic (exact) mass is 698 g/mol. The molecule has 0 saturated heterocycles. The van der Waals surface area contributed by atoms with Gasteiger partial charge >= 0.3 is 0 Å². The van der Waals surface area contributed by atoms with Crippen molar-refractivity contribution < 1.29 is 0 Å². The second-order valence-electron chi connectivity index (χ2n) is 13.3. The van der Waals surface area contributed by atoms with E-state index in [4.69, 9.17) is 0 Å². The molecule has 0 amide bonds. The molecule has 0 N–H and O–H groups in total. The molecule has 11 aromatic rings. The highest BCUT2D eigenvalue weighted by atomic mass is 32.1. The van der Waals surface area contributed by atoms with Crippen molar-refractivity contribution >= 4 is 102 Å². The lowest BCUT2D eigenvalue weighted by atomic mass is 10.0. The van der Waals surface area contributed by atoms with Crippen molar-refractivity contribution in [2.45, 2.75) is 0 Å². The number of hydrogen-bond acceptors (Lipinski definition) is 3. The average Bonchev–Trinajstić information content (AvgIpc) is 3.89. The summed E-state index contributed by atoms with van der Waals surface area (Å²) < 4.78 is 7.62. The Labute approximate surface area is 308 Å². The number of para-hydroxylation sites is 3. The van der Waals surface area contributed by atoms with Crippen LogP contribution in [0.3, 0.4) is 0 Å². The van der Waals surface area contributed by atoms with E-state index >= 15 is 0 Å². The Balaban J connectivity index is 1.15. The fourth-order valence-electron chi connectivity index (χ4n) is 8.15. The van der Waals surface area contributed by atoms with E-state index in [-0.39, 0.29) is 0 Å². The first-order chi connectivity index (χ1) is 25.8. The maximum Gasteiger partial charge on any atom is 0.0640 e. The van der Waals surface area contributed by atoms with Crippen molar-refractivity contribution in [1.29, 1.82) is 0 Å². The smallest absolute Gasteiger partial charge is 0.0640 e. The Kier molecular flexibility index (Phi) is 6.63. The van der Waals surface area contributed by atoms with Gasteiger partial charge in [-0.05, 0) is 66.2 Å². The van der Waals surface area contributed by atoms with Gasteiger partial charge in [-0.1, -0.05) is 121 Å². The van der Waals surface area contributed by atoms with Crippen LogP contribution in [0.4, 0.5) is 17.1 Å². The van der Waals surface area contributed by atoms with E-state index in [1.165, 1.54) is 84.7 Å². The maximum absolute atomic E-state index is 2.49. The first-order valence-electron chi connectivity index (χ1n) is 17.6. The fraction of sp³-hybridized carbons (Fsp3) is 0. The Hall–Kier alpha value is -6.20. The largest absolute Gasteiger partial charge is 0.309 e. The van der Waals surface area contributed by atoms with Gasteiger partial charge in [-0.3, -0.25) is 0 Å². The molecule has 0 atom stereocenters. The molecule has 0 saturated carbocycles. The van der Waals surface area contributed by atoms with Crippen molar-refractivity contribution in [2.24, 2.45) is 0 Å². The Morgan fingerprint density at radius 2 is 1.02 bits per heavy atom. The van der Waals surface area contributed by atoms with Crippen molar-refractivity contribution in [1.82, 2.24) is 4.57 Å². The van der Waals surface area contributed by atoms with Crippen LogP contribution in [0.2, 0.25) is 0 Å². The lowest BCUT2D eigenvalue weighted by Gasteiger charge is -2.27. The van der Waals surface area contributed by atoms with Crippen molar-refractivity contribution in [3.05, 3.63) is 182 Å². The van der Waals surface area contributed by atoms with Crippen molar-refractivity contribution in [2.75, 3.05) is 4.90 Å². The number of anilines is 3. The second kappa shape index (κ2) is 11.7. The molecule has 0 bridgehead atoms. The number of rotatable bonds is 5. The topological polar surface area (TPSA) is 8.17 Å². The van der Waals surface area contributed by atoms with Gasteiger partial charge < -0.3 is 9.47 Å². The van der Waals surface area contributed by atoms with Gasteiger partial charge in [0.25, 0.3) is 0 Å². The summed E-state index contributed by atoms with van der Waals surface area (Å²) >= 11 is 3.74. The van der Waals surface area contributed by atoms with Gasteiger partial charge in [0.15, 0.2) is 0 Å². The Bertz CT molecular complexity index is 3130. The van der Waals surface area contributed by atoms with E-state index in [1.807, 2.05) is 22.7 Å². The molecular weight excluding hydrogens is 669 g/mol. The summed E-state index contributed by atoms with van der Waals surface area (Å²) in [6.07, 6.45) is 0. The Morgan fingerprint density at radius 1 is 0.404 bits per heavy atom. The van der Waals surface area contributed by atoms with E-state index in [9.17, 15) is 0 Å². The van der Waals surface area contributed by atoms with Gasteiger partial charge in [-0.2, -0.15) is 0 Å². The molecule has 0 spiro atoms. The van der Waals surface area contributed by atoms with E-state index in [1.54, 1.807) is 0 Å². The molecule has 2 nitrogen and oxygen atoms in total. The van der Waals surface area contributed by atoms with E-state index in [0.29, 0.717) is 0 Å². The lowest BCUT2D eigenvalue weighted by Crippen LogP contribution is -2.10. The van der Waals surface area contributed by atoms with Crippen molar-refractivity contribution in [3.63, 3.8) is 0 Å². The number of fused-ring (bicyclic) bond motifs is 9. The number of thiophene rings is 2. The third kappa shape index (κ3) is 4.42. The molecule has 0 aliphatic carbocycles. The molecule has 244 valence electrons. The number of benzene rings is 8. The molecule has 3 aromatic heterocycles. The van der Waals surface area contributed by atoms with Crippen LogP contribution in [-0.2, 0) is 0 Å². The summed E-state index contributed by atoms with van der Waals surface area (Å²) in [5, 5.41) is 7.71. The normalized spacial score (nSPS) is 11.8. The van der Waals surface area contributed by atoms with Crippen LogP contribution in [0.15, 0.2) is 182 Å². The quantitative estimate of drug-likeness (QED) is 0.174. The average molecular weight is 699 g/mol. The third-order valence-corrected chi connectivity index (χ3v) is 12.7. The van der Waals surface area contributed by atoms with Crippen LogP contribution in [0, 0.1) is 0 Å². The minimum atomic E-state index is 1.13. The number of hydrogen-bond donors (Lipinski definition) is 0. The van der Waals surface area contributed by atoms with Gasteiger partial charge in [0.05, 0.1) is 27.1 Å². The summed E-state index contributed by atoms with van der Waals surface area (Å²) in [6.45, 7) is 0. The standard InChI is InChI=1S/C48H30N2S2/c1-2-13-32(14-3-1)50-40-21-7-4-15-35(40)37-19-10-18-34(47(37)50)31-27-29-33(30-28-31)49(41-22-12-26-45-46(41)39-17-6-9-25-44(39)51-45)42-23-11-20-38-36-16-5-8-24-43(36)52-48(38)42/h1-30H. The fourth-order valence-corrected chi connectivity index (χ4v) is 10.5. The van der Waals surface area contributed by atoms with Crippen LogP contribution in [-0.4, -0.2) is 4.57 Å². The molecule has 4 heteroatoms. The highest BCUT2D eigenvalue weighted by Crippen LogP contribution is 2.49. The summed E-state index contributed by atoms with van der Waals surface area (Å²) in [7, 11) is 0. The molecule has 0 unspecified atom stereocenters. The molecule has 11 rings (SSSR count). The zero-order valence-corrected chi connectivity index (χ0v) is 29.7. The third-order valence-electron chi connectivity index (χ3n) is 10.4. The Morgan fingerprint density at radius 3 is 1.87 bits per heavy atom. The van der Waals surface area contributed by atoms with Gasteiger partial charge in [-0.25, -0.2) is 0 Å². The summed E-state index contributed by atoms with van der Waals surface area (Å²) in [4.78, 5) is 2.49. The molecule has 0 aliphatic heterocycles. The molecule has 8 aromatic carbocycles. The predicted molar refractivity (Wildman–Crippen MR) is 227 cm³/mol. The lowest BCUT2D eigenvalue weighted by molar-refractivity contribution is 1.18. The van der Waals surface area contributed by atoms with Crippen LogP contribution in [0.1, 0.15) is 0 Å². The van der Waals surface area contributed by atoms with Gasteiger partial charge in [-0.15, -0.1) is 22.7 Å². The first kappa shape index (κ1) is 29.5. The molecule has 0 fully saturated rings. The SMILES string of the molecule is c1ccc(-n2c3ccccc3c3cccc(-c4ccc(N(c5cccc6c5sc5ccccc56)c5cccc6sc7ccccc7c56)cc4)c32)cc1. The zero-order valence-electron chi connectivity index (χ0n) is 28.0. The summed E-state index contributed by atoms with van der Waals surface area (Å²) in [5.41, 5.74) is 9.53. The molecule has 0 aliphatic rings. The van der Waals surface area contributed by atoms with Gasteiger partial charge in [0.1, 0.15) is 0 Å². The van der Waals surface area contributed by atoms with E-state index < -0.39 is 0 Å². The minimum absolute atomic E-state index is 1.13. The summed E-state index contributed by atoms with van der Waals surface area (Å²) in [5.74, 6) is 0. The molecule has 3 heterocycles. The van der Waals surface area contributed by atoms with Crippen molar-refractivity contribution in [3.8, 4) is 16.8 Å². The van der Waals surface area contributed by atoms with Crippen LogP contribution >= 0.6 is 22.7 Å². The first-order valence-corrected chi connectivity index (χ1v) is 19.2. The number of aromatic nitrogens is 1. The van der Waals surface area contributed by atoms with Crippen LogP contribution in [0.5, 0.6) is 0 Å². The molecule has 0 radical (unpaired) electrons. The highest BCUT2D eigenvalue weighted by molar-refractivity contribution is 7.26. The molecule has 52 heavy (non-hydrogen) atoms. The number of nitrogens with zero attached hydrogens (tertiary/aromatic N) is 2. The highest BCUT2D eigenvalue weighted by Gasteiger charge is 2.22. The minimum Gasteiger partial charge on any atom is -0.309 e.